The van der Waals surface area contributed by atoms with Gasteiger partial charge in [-0.25, -0.2) is 12.8 Å². The van der Waals surface area contributed by atoms with Gasteiger partial charge in [-0.15, -0.1) is 0 Å². The first-order chi connectivity index (χ1) is 9.68. The van der Waals surface area contributed by atoms with Crippen LogP contribution in [0.15, 0.2) is 23.1 Å². The summed E-state index contributed by atoms with van der Waals surface area (Å²) >= 11 is 4.79. The van der Waals surface area contributed by atoms with Crippen molar-refractivity contribution in [3.8, 4) is 0 Å². The summed E-state index contributed by atoms with van der Waals surface area (Å²) in [6.45, 7) is 4.26. The zero-order valence-electron chi connectivity index (χ0n) is 11.8. The van der Waals surface area contributed by atoms with Crippen LogP contribution < -0.4 is 5.73 Å². The topological polar surface area (TPSA) is 72.6 Å². The molecule has 0 atom stereocenters. The lowest BCUT2D eigenvalue weighted by molar-refractivity contribution is -0.00771. The van der Waals surface area contributed by atoms with Gasteiger partial charge < -0.3 is 10.5 Å². The van der Waals surface area contributed by atoms with Crippen molar-refractivity contribution in [1.29, 1.82) is 0 Å². The van der Waals surface area contributed by atoms with Crippen molar-refractivity contribution in [3.63, 3.8) is 0 Å². The largest absolute Gasteiger partial charge is 0.389 e. The Kier molecular flexibility index (Phi) is 4.34. The Balaban J connectivity index is 2.60. The number of ether oxygens (including phenoxy) is 1. The highest BCUT2D eigenvalue weighted by Gasteiger charge is 2.41. The molecule has 1 aliphatic rings. The lowest BCUT2D eigenvalue weighted by atomic mass is 10.1. The van der Waals surface area contributed by atoms with Crippen LogP contribution in [-0.4, -0.2) is 43.0 Å². The molecule has 0 spiro atoms. The van der Waals surface area contributed by atoms with Crippen molar-refractivity contribution >= 4 is 27.2 Å². The van der Waals surface area contributed by atoms with Gasteiger partial charge in [0, 0.05) is 6.54 Å². The Morgan fingerprint density at radius 3 is 2.71 bits per heavy atom. The van der Waals surface area contributed by atoms with Gasteiger partial charge in [-0.1, -0.05) is 18.3 Å². The number of morpholine rings is 1. The second-order valence-electron chi connectivity index (χ2n) is 5.42. The molecule has 1 saturated heterocycles. The van der Waals surface area contributed by atoms with Gasteiger partial charge in [0.1, 0.15) is 10.8 Å². The van der Waals surface area contributed by atoms with E-state index in [-0.39, 0.29) is 28.6 Å². The van der Waals surface area contributed by atoms with Gasteiger partial charge in [-0.05, 0) is 26.0 Å². The number of nitrogens with zero attached hydrogens (tertiary/aromatic N) is 1. The third-order valence-corrected chi connectivity index (χ3v) is 5.72. The molecule has 0 aliphatic carbocycles. The van der Waals surface area contributed by atoms with Gasteiger partial charge in [-0.2, -0.15) is 4.31 Å². The molecule has 0 saturated carbocycles. The third-order valence-electron chi connectivity index (χ3n) is 3.36. The van der Waals surface area contributed by atoms with Gasteiger partial charge in [0.05, 0.1) is 29.2 Å². The number of thiocarbonyl (C=S) groups is 1. The van der Waals surface area contributed by atoms with Crippen molar-refractivity contribution in [3.05, 3.63) is 29.6 Å². The molecular weight excluding hydrogens is 315 g/mol. The minimum Gasteiger partial charge on any atom is -0.389 e. The van der Waals surface area contributed by atoms with Crippen molar-refractivity contribution in [2.45, 2.75) is 24.3 Å². The Labute approximate surface area is 128 Å². The molecule has 1 heterocycles. The van der Waals surface area contributed by atoms with E-state index in [0.717, 1.165) is 6.07 Å². The molecule has 0 unspecified atom stereocenters. The van der Waals surface area contributed by atoms with Crippen LogP contribution in [0.1, 0.15) is 19.4 Å². The van der Waals surface area contributed by atoms with Crippen LogP contribution in [0.2, 0.25) is 0 Å². The number of benzene rings is 1. The highest BCUT2D eigenvalue weighted by molar-refractivity contribution is 7.89. The van der Waals surface area contributed by atoms with Gasteiger partial charge in [-0.3, -0.25) is 0 Å². The molecule has 8 heteroatoms. The number of nitrogens with two attached hydrogens (primary N) is 1. The molecule has 0 aromatic heterocycles. The molecule has 1 aromatic rings. The lowest BCUT2D eigenvalue weighted by Crippen LogP contribution is -2.55. The fourth-order valence-corrected chi connectivity index (χ4v) is 4.61. The van der Waals surface area contributed by atoms with Gasteiger partial charge in [0.25, 0.3) is 0 Å². The third kappa shape index (κ3) is 2.94. The first-order valence-electron chi connectivity index (χ1n) is 6.37. The highest BCUT2D eigenvalue weighted by atomic mass is 32.2. The van der Waals surface area contributed by atoms with Crippen LogP contribution in [0, 0.1) is 5.82 Å². The minimum absolute atomic E-state index is 0.197. The summed E-state index contributed by atoms with van der Waals surface area (Å²) in [5, 5.41) is 0. The van der Waals surface area contributed by atoms with E-state index in [9.17, 15) is 12.8 Å². The quantitative estimate of drug-likeness (QED) is 0.844. The summed E-state index contributed by atoms with van der Waals surface area (Å²) in [5.41, 5.74) is 4.53. The average Bonchev–Trinajstić information content (AvgIpc) is 2.37. The van der Waals surface area contributed by atoms with Crippen LogP contribution in [-0.2, 0) is 14.8 Å². The molecule has 1 fully saturated rings. The first kappa shape index (κ1) is 16.3. The van der Waals surface area contributed by atoms with Crippen LogP contribution in [0.3, 0.4) is 0 Å². The van der Waals surface area contributed by atoms with E-state index in [1.165, 1.54) is 16.4 Å². The van der Waals surface area contributed by atoms with Crippen molar-refractivity contribution in [1.82, 2.24) is 4.31 Å². The molecule has 0 amide bonds. The molecule has 0 radical (unpaired) electrons. The standard InChI is InChI=1S/C13H17FN2O3S2/c1-13(2)8-19-7-6-16(13)21(17,18)10-5-3-4-9(14)11(10)12(15)20/h3-5H,6-8H2,1-2H3,(H2,15,20). The van der Waals surface area contributed by atoms with E-state index < -0.39 is 21.4 Å². The second-order valence-corrected chi connectivity index (χ2v) is 7.69. The predicted molar refractivity (Wildman–Crippen MR) is 81.1 cm³/mol. The number of sulfonamides is 1. The number of halogens is 1. The summed E-state index contributed by atoms with van der Waals surface area (Å²) in [7, 11) is -3.92. The maximum Gasteiger partial charge on any atom is 0.244 e. The molecule has 116 valence electrons. The van der Waals surface area contributed by atoms with Gasteiger partial charge in [0.15, 0.2) is 0 Å². The van der Waals surface area contributed by atoms with E-state index in [0.29, 0.717) is 6.61 Å². The van der Waals surface area contributed by atoms with Crippen molar-refractivity contribution < 1.29 is 17.5 Å². The lowest BCUT2D eigenvalue weighted by Gasteiger charge is -2.41. The average molecular weight is 332 g/mol. The molecule has 21 heavy (non-hydrogen) atoms. The molecular formula is C13H17FN2O3S2. The van der Waals surface area contributed by atoms with Gasteiger partial charge in [0.2, 0.25) is 10.0 Å². The zero-order valence-corrected chi connectivity index (χ0v) is 13.4. The Hall–Kier alpha value is -1.09. The molecule has 1 aliphatic heterocycles. The van der Waals surface area contributed by atoms with Crippen LogP contribution in [0.25, 0.3) is 0 Å². The molecule has 2 rings (SSSR count). The maximum absolute atomic E-state index is 13.9. The SMILES string of the molecule is CC1(C)COCCN1S(=O)(=O)c1cccc(F)c1C(N)=S. The van der Waals surface area contributed by atoms with E-state index in [2.05, 4.69) is 0 Å². The minimum atomic E-state index is -3.92. The second kappa shape index (κ2) is 5.60. The molecule has 0 bridgehead atoms. The van der Waals surface area contributed by atoms with Crippen molar-refractivity contribution in [2.75, 3.05) is 19.8 Å². The van der Waals surface area contributed by atoms with Crippen LogP contribution >= 0.6 is 12.2 Å². The van der Waals surface area contributed by atoms with Crippen LogP contribution in [0.5, 0.6) is 0 Å². The Morgan fingerprint density at radius 1 is 1.48 bits per heavy atom. The maximum atomic E-state index is 13.9. The molecule has 5 nitrogen and oxygen atoms in total. The smallest absolute Gasteiger partial charge is 0.244 e. The summed E-state index contributed by atoms with van der Waals surface area (Å²) in [6.07, 6.45) is 0. The summed E-state index contributed by atoms with van der Waals surface area (Å²) < 4.78 is 46.3. The van der Waals surface area contributed by atoms with E-state index in [1.54, 1.807) is 13.8 Å². The van der Waals surface area contributed by atoms with Crippen LogP contribution in [0.4, 0.5) is 4.39 Å². The number of rotatable bonds is 3. The first-order valence-corrected chi connectivity index (χ1v) is 8.21. The predicted octanol–water partition coefficient (Wildman–Crippen LogP) is 1.26. The summed E-state index contributed by atoms with van der Waals surface area (Å²) in [4.78, 5) is -0.484. The van der Waals surface area contributed by atoms with E-state index >= 15 is 0 Å². The zero-order chi connectivity index (χ0) is 15.8. The number of hydrogen-bond acceptors (Lipinski definition) is 4. The van der Waals surface area contributed by atoms with E-state index in [4.69, 9.17) is 22.7 Å². The molecule has 1 aromatic carbocycles. The van der Waals surface area contributed by atoms with Crippen molar-refractivity contribution in [2.24, 2.45) is 5.73 Å². The number of hydrogen-bond donors (Lipinski definition) is 1. The Morgan fingerprint density at radius 2 is 2.14 bits per heavy atom. The van der Waals surface area contributed by atoms with Gasteiger partial charge >= 0.3 is 0 Å². The summed E-state index contributed by atoms with van der Waals surface area (Å²) in [5.74, 6) is -0.741. The molecule has 2 N–H and O–H groups in total. The monoisotopic (exact) mass is 332 g/mol. The normalized spacial score (nSPS) is 19.4. The highest BCUT2D eigenvalue weighted by Crippen LogP contribution is 2.30. The summed E-state index contributed by atoms with van der Waals surface area (Å²) in [6, 6.07) is 3.79. The Bertz CT molecular complexity index is 674. The van der Waals surface area contributed by atoms with E-state index in [1.807, 2.05) is 0 Å². The fraction of sp³-hybridized carbons (Fsp3) is 0.462. The fourth-order valence-electron chi connectivity index (χ4n) is 2.37.